The second-order valence-corrected chi connectivity index (χ2v) is 7.24. The van der Waals surface area contributed by atoms with Gasteiger partial charge in [0.2, 0.25) is 10.0 Å². The largest absolute Gasteiger partial charge is 0.246 e. The van der Waals surface area contributed by atoms with E-state index < -0.39 is 21.4 Å². The van der Waals surface area contributed by atoms with E-state index in [9.17, 15) is 12.8 Å². The predicted octanol–water partition coefficient (Wildman–Crippen LogP) is 3.37. The lowest BCUT2D eigenvalue weighted by Gasteiger charge is -2.33. The molecule has 19 heavy (non-hydrogen) atoms. The molecule has 0 radical (unpaired) electrons. The summed E-state index contributed by atoms with van der Waals surface area (Å²) in [6.07, 6.45) is 0.629. The molecule has 0 bridgehead atoms. The molecule has 0 spiro atoms. The van der Waals surface area contributed by atoms with Crippen molar-refractivity contribution >= 4 is 21.6 Å². The van der Waals surface area contributed by atoms with Crippen LogP contribution in [0.15, 0.2) is 23.1 Å². The first-order valence-corrected chi connectivity index (χ1v) is 7.97. The maximum Gasteiger partial charge on any atom is 0.246 e. The van der Waals surface area contributed by atoms with Crippen molar-refractivity contribution in [2.45, 2.75) is 43.5 Å². The van der Waals surface area contributed by atoms with Crippen molar-refractivity contribution in [3.8, 4) is 0 Å². The van der Waals surface area contributed by atoms with E-state index in [4.69, 9.17) is 11.6 Å². The first-order chi connectivity index (χ1) is 8.66. The van der Waals surface area contributed by atoms with Crippen LogP contribution in [0.3, 0.4) is 0 Å². The van der Waals surface area contributed by atoms with E-state index in [2.05, 4.69) is 0 Å². The summed E-state index contributed by atoms with van der Waals surface area (Å²) in [5.41, 5.74) is -0.0216. The molecule has 0 aliphatic rings. The Kier molecular flexibility index (Phi) is 4.98. The smallest absolute Gasteiger partial charge is 0.207 e. The van der Waals surface area contributed by atoms with Gasteiger partial charge in [-0.05, 0) is 38.0 Å². The molecular weight excluding hydrogens is 289 g/mol. The molecule has 1 rings (SSSR count). The Morgan fingerprint density at radius 2 is 1.95 bits per heavy atom. The van der Waals surface area contributed by atoms with Crippen molar-refractivity contribution in [2.75, 3.05) is 7.05 Å². The molecule has 3 nitrogen and oxygen atoms in total. The maximum absolute atomic E-state index is 13.9. The van der Waals surface area contributed by atoms with Crippen molar-refractivity contribution in [1.29, 1.82) is 0 Å². The van der Waals surface area contributed by atoms with Gasteiger partial charge in [0, 0.05) is 18.5 Å². The van der Waals surface area contributed by atoms with Crippen molar-refractivity contribution in [1.82, 2.24) is 4.31 Å². The maximum atomic E-state index is 13.9. The van der Waals surface area contributed by atoms with E-state index in [0.29, 0.717) is 12.0 Å². The first-order valence-electron chi connectivity index (χ1n) is 6.00. The van der Waals surface area contributed by atoms with E-state index in [1.807, 2.05) is 6.92 Å². The molecule has 0 aliphatic heterocycles. The quantitative estimate of drug-likeness (QED) is 0.782. The molecule has 0 amide bonds. The summed E-state index contributed by atoms with van der Waals surface area (Å²) < 4.78 is 40.0. The summed E-state index contributed by atoms with van der Waals surface area (Å²) in [5.74, 6) is -0.620. The Labute approximate surface area is 119 Å². The molecule has 1 aromatic rings. The van der Waals surface area contributed by atoms with E-state index in [1.165, 1.54) is 23.5 Å². The Hall–Kier alpha value is -0.650. The minimum Gasteiger partial charge on any atom is -0.207 e. The van der Waals surface area contributed by atoms with E-state index in [1.54, 1.807) is 13.8 Å². The third-order valence-corrected chi connectivity index (χ3v) is 5.92. The Morgan fingerprint density at radius 3 is 2.37 bits per heavy atom. The summed E-state index contributed by atoms with van der Waals surface area (Å²) in [5, 5.41) is 0. The zero-order chi connectivity index (χ0) is 14.8. The first kappa shape index (κ1) is 16.4. The summed E-state index contributed by atoms with van der Waals surface area (Å²) in [6, 6.07) is 3.95. The third-order valence-electron chi connectivity index (χ3n) is 3.51. The number of hydrogen-bond donors (Lipinski definition) is 0. The van der Waals surface area contributed by atoms with Crippen LogP contribution < -0.4 is 0 Å². The Bertz CT molecular complexity index is 558. The van der Waals surface area contributed by atoms with Gasteiger partial charge < -0.3 is 0 Å². The van der Waals surface area contributed by atoms with Gasteiger partial charge in [-0.1, -0.05) is 13.0 Å². The number of benzene rings is 1. The van der Waals surface area contributed by atoms with Crippen LogP contribution in [0, 0.1) is 5.82 Å². The molecule has 0 saturated heterocycles. The lowest BCUT2D eigenvalue weighted by Crippen LogP contribution is -2.44. The zero-order valence-electron chi connectivity index (χ0n) is 11.6. The molecule has 6 heteroatoms. The number of halogens is 2. The fourth-order valence-corrected chi connectivity index (χ4v) is 3.32. The number of rotatable bonds is 5. The fraction of sp³-hybridized carbons (Fsp3) is 0.538. The van der Waals surface area contributed by atoms with Crippen LogP contribution in [0.4, 0.5) is 4.39 Å². The highest BCUT2D eigenvalue weighted by atomic mass is 35.5. The molecule has 0 aromatic heterocycles. The summed E-state index contributed by atoms with van der Waals surface area (Å²) >= 11 is 5.60. The van der Waals surface area contributed by atoms with Gasteiger partial charge in [0.15, 0.2) is 0 Å². The molecule has 108 valence electrons. The van der Waals surface area contributed by atoms with E-state index in [-0.39, 0.29) is 10.8 Å². The number of nitrogens with zero attached hydrogens (tertiary/aromatic N) is 1. The normalized spacial score (nSPS) is 13.0. The van der Waals surface area contributed by atoms with Gasteiger partial charge in [-0.3, -0.25) is 0 Å². The van der Waals surface area contributed by atoms with Gasteiger partial charge in [-0.25, -0.2) is 12.8 Å². The lowest BCUT2D eigenvalue weighted by molar-refractivity contribution is 0.256. The summed E-state index contributed by atoms with van der Waals surface area (Å²) in [6.45, 7) is 5.49. The second-order valence-electron chi connectivity index (χ2n) is 5.04. The highest BCUT2D eigenvalue weighted by Crippen LogP contribution is 2.27. The highest BCUT2D eigenvalue weighted by molar-refractivity contribution is 7.89. The Morgan fingerprint density at radius 1 is 1.37 bits per heavy atom. The third kappa shape index (κ3) is 3.27. The van der Waals surface area contributed by atoms with Crippen LogP contribution in [0.1, 0.15) is 32.8 Å². The van der Waals surface area contributed by atoms with Gasteiger partial charge in [-0.2, -0.15) is 4.31 Å². The number of hydrogen-bond acceptors (Lipinski definition) is 2. The monoisotopic (exact) mass is 307 g/mol. The van der Waals surface area contributed by atoms with Crippen LogP contribution in [-0.2, 0) is 15.9 Å². The van der Waals surface area contributed by atoms with Gasteiger partial charge in [0.25, 0.3) is 0 Å². The zero-order valence-corrected chi connectivity index (χ0v) is 13.1. The SMILES string of the molecule is CCC(C)(C)N(C)S(=O)(=O)c1ccc(CCl)cc1F. The van der Waals surface area contributed by atoms with Gasteiger partial charge in [0.05, 0.1) is 0 Å². The van der Waals surface area contributed by atoms with Crippen molar-refractivity contribution in [2.24, 2.45) is 0 Å². The molecule has 0 saturated carbocycles. The van der Waals surface area contributed by atoms with Crippen LogP contribution in [-0.4, -0.2) is 25.3 Å². The van der Waals surface area contributed by atoms with Crippen LogP contribution >= 0.6 is 11.6 Å². The summed E-state index contributed by atoms with van der Waals surface area (Å²) in [4.78, 5) is -0.314. The van der Waals surface area contributed by atoms with E-state index >= 15 is 0 Å². The van der Waals surface area contributed by atoms with Crippen LogP contribution in [0.5, 0.6) is 0 Å². The predicted molar refractivity (Wildman–Crippen MR) is 75.3 cm³/mol. The van der Waals surface area contributed by atoms with Crippen LogP contribution in [0.25, 0.3) is 0 Å². The van der Waals surface area contributed by atoms with Crippen molar-refractivity contribution in [3.63, 3.8) is 0 Å². The second kappa shape index (κ2) is 5.77. The Balaban J connectivity index is 3.28. The minimum absolute atomic E-state index is 0.146. The van der Waals surface area contributed by atoms with Gasteiger partial charge in [-0.15, -0.1) is 11.6 Å². The van der Waals surface area contributed by atoms with Gasteiger partial charge in [0.1, 0.15) is 10.7 Å². The molecule has 0 fully saturated rings. The van der Waals surface area contributed by atoms with Crippen molar-refractivity contribution < 1.29 is 12.8 Å². The average molecular weight is 308 g/mol. The molecule has 0 unspecified atom stereocenters. The lowest BCUT2D eigenvalue weighted by atomic mass is 10.0. The molecule has 0 atom stereocenters. The minimum atomic E-state index is -3.85. The number of alkyl halides is 1. The number of sulfonamides is 1. The fourth-order valence-electron chi connectivity index (χ4n) is 1.53. The van der Waals surface area contributed by atoms with Crippen molar-refractivity contribution in [3.05, 3.63) is 29.6 Å². The van der Waals surface area contributed by atoms with E-state index in [0.717, 1.165) is 6.07 Å². The van der Waals surface area contributed by atoms with Gasteiger partial charge >= 0.3 is 0 Å². The molecule has 0 aliphatic carbocycles. The average Bonchev–Trinajstić information content (AvgIpc) is 2.37. The molecule has 0 heterocycles. The standard InChI is InChI=1S/C13H19ClFNO2S/c1-5-13(2,3)16(4)19(17,18)12-7-6-10(9-14)8-11(12)15/h6-8H,5,9H2,1-4H3. The highest BCUT2D eigenvalue weighted by Gasteiger charge is 2.34. The molecular formula is C13H19ClFNO2S. The van der Waals surface area contributed by atoms with Crippen LogP contribution in [0.2, 0.25) is 0 Å². The topological polar surface area (TPSA) is 37.4 Å². The molecule has 0 N–H and O–H groups in total. The molecule has 1 aromatic carbocycles. The summed E-state index contributed by atoms with van der Waals surface area (Å²) in [7, 11) is -2.38.